The number of para-hydroxylation sites is 1. The number of nitrogens with zero attached hydrogens (tertiary/aromatic N) is 1. The Bertz CT molecular complexity index is 376. The summed E-state index contributed by atoms with van der Waals surface area (Å²) in [5, 5.41) is 17.7. The van der Waals surface area contributed by atoms with Crippen molar-refractivity contribution >= 4 is 11.5 Å². The Labute approximate surface area is 107 Å². The number of Topliss-reactive ketones (excluding diaryl/α,β-unsaturated/α-hetero) is 1. The highest BCUT2D eigenvalue weighted by Gasteiger charge is 2.11. The van der Waals surface area contributed by atoms with Gasteiger partial charge in [0, 0.05) is 37.3 Å². The summed E-state index contributed by atoms with van der Waals surface area (Å²) in [6.45, 7) is 1.45. The summed E-state index contributed by atoms with van der Waals surface area (Å²) in [5.74, 6) is -0.0195. The standard InChI is InChI=1S/C13H20N2O3/c14-12-4-2-1-3-11(12)13(18)5-6-15(7-9-16)8-10-17/h1-4,16-17H,5-10,14H2. The summed E-state index contributed by atoms with van der Waals surface area (Å²) in [5.41, 5.74) is 6.75. The summed E-state index contributed by atoms with van der Waals surface area (Å²) in [7, 11) is 0. The molecule has 0 heterocycles. The second kappa shape index (κ2) is 7.81. The van der Waals surface area contributed by atoms with E-state index in [1.54, 1.807) is 24.3 Å². The van der Waals surface area contributed by atoms with E-state index in [-0.39, 0.29) is 19.0 Å². The Balaban J connectivity index is 2.52. The number of rotatable bonds is 8. The van der Waals surface area contributed by atoms with Crippen molar-refractivity contribution in [2.75, 3.05) is 38.6 Å². The fourth-order valence-electron chi connectivity index (χ4n) is 1.76. The highest BCUT2D eigenvalue weighted by Crippen LogP contribution is 2.13. The summed E-state index contributed by atoms with van der Waals surface area (Å²) < 4.78 is 0. The number of aliphatic hydroxyl groups is 2. The van der Waals surface area contributed by atoms with Crippen molar-refractivity contribution in [2.24, 2.45) is 0 Å². The van der Waals surface area contributed by atoms with Gasteiger partial charge in [-0.1, -0.05) is 12.1 Å². The maximum atomic E-state index is 11.9. The zero-order valence-corrected chi connectivity index (χ0v) is 10.4. The molecule has 1 aromatic carbocycles. The second-order valence-corrected chi connectivity index (χ2v) is 4.05. The Morgan fingerprint density at radius 1 is 1.11 bits per heavy atom. The van der Waals surface area contributed by atoms with Gasteiger partial charge in [0.1, 0.15) is 0 Å². The van der Waals surface area contributed by atoms with E-state index in [2.05, 4.69) is 0 Å². The molecule has 18 heavy (non-hydrogen) atoms. The highest BCUT2D eigenvalue weighted by atomic mass is 16.3. The third-order valence-corrected chi connectivity index (χ3v) is 2.75. The van der Waals surface area contributed by atoms with E-state index in [9.17, 15) is 4.79 Å². The van der Waals surface area contributed by atoms with E-state index in [0.29, 0.717) is 37.3 Å². The van der Waals surface area contributed by atoms with Crippen LogP contribution in [0.1, 0.15) is 16.8 Å². The minimum Gasteiger partial charge on any atom is -0.398 e. The molecule has 4 N–H and O–H groups in total. The Kier molecular flexibility index (Phi) is 6.35. The Morgan fingerprint density at radius 3 is 2.28 bits per heavy atom. The van der Waals surface area contributed by atoms with Crippen molar-refractivity contribution in [3.05, 3.63) is 29.8 Å². The number of nitrogens with two attached hydrogens (primary N) is 1. The van der Waals surface area contributed by atoms with E-state index in [4.69, 9.17) is 15.9 Å². The summed E-state index contributed by atoms with van der Waals surface area (Å²) in [6, 6.07) is 6.98. The molecule has 0 aliphatic heterocycles. The molecule has 0 unspecified atom stereocenters. The van der Waals surface area contributed by atoms with Crippen LogP contribution in [-0.4, -0.2) is 53.7 Å². The first-order valence-electron chi connectivity index (χ1n) is 6.00. The molecule has 1 rings (SSSR count). The van der Waals surface area contributed by atoms with Crippen LogP contribution >= 0.6 is 0 Å². The molecule has 0 atom stereocenters. The van der Waals surface area contributed by atoms with E-state index < -0.39 is 0 Å². The van der Waals surface area contributed by atoms with E-state index in [0.717, 1.165) is 0 Å². The predicted octanol–water partition coefficient (Wildman–Crippen LogP) is 0.128. The molecule has 0 spiro atoms. The van der Waals surface area contributed by atoms with E-state index in [1.165, 1.54) is 0 Å². The monoisotopic (exact) mass is 252 g/mol. The SMILES string of the molecule is Nc1ccccc1C(=O)CCN(CCO)CCO. The van der Waals surface area contributed by atoms with Crippen molar-refractivity contribution in [3.8, 4) is 0 Å². The lowest BCUT2D eigenvalue weighted by atomic mass is 10.1. The summed E-state index contributed by atoms with van der Waals surface area (Å²) in [4.78, 5) is 13.8. The number of carbonyl (C=O) groups excluding carboxylic acids is 1. The fourth-order valence-corrected chi connectivity index (χ4v) is 1.76. The number of aliphatic hydroxyl groups excluding tert-OH is 2. The lowest BCUT2D eigenvalue weighted by Gasteiger charge is -2.19. The molecule has 0 saturated heterocycles. The zero-order valence-electron chi connectivity index (χ0n) is 10.4. The molecule has 5 nitrogen and oxygen atoms in total. The van der Waals surface area contributed by atoms with Gasteiger partial charge in [-0.15, -0.1) is 0 Å². The first kappa shape index (κ1) is 14.6. The molecular weight excluding hydrogens is 232 g/mol. The quantitative estimate of drug-likeness (QED) is 0.452. The van der Waals surface area contributed by atoms with Gasteiger partial charge in [0.25, 0.3) is 0 Å². The molecule has 0 radical (unpaired) electrons. The molecule has 0 amide bonds. The predicted molar refractivity (Wildman–Crippen MR) is 70.4 cm³/mol. The molecule has 100 valence electrons. The average Bonchev–Trinajstić information content (AvgIpc) is 2.36. The first-order valence-corrected chi connectivity index (χ1v) is 6.00. The van der Waals surface area contributed by atoms with Gasteiger partial charge >= 0.3 is 0 Å². The number of hydrogen-bond donors (Lipinski definition) is 3. The van der Waals surface area contributed by atoms with E-state index in [1.807, 2.05) is 4.90 Å². The van der Waals surface area contributed by atoms with Crippen LogP contribution in [0.4, 0.5) is 5.69 Å². The highest BCUT2D eigenvalue weighted by molar-refractivity contribution is 6.00. The molecule has 0 saturated carbocycles. The number of ketones is 1. The van der Waals surface area contributed by atoms with Gasteiger partial charge in [0.15, 0.2) is 5.78 Å². The van der Waals surface area contributed by atoms with Crippen LogP contribution in [-0.2, 0) is 0 Å². The Hall–Kier alpha value is -1.43. The van der Waals surface area contributed by atoms with Crippen LogP contribution in [0.3, 0.4) is 0 Å². The normalized spacial score (nSPS) is 10.8. The van der Waals surface area contributed by atoms with Gasteiger partial charge in [-0.3, -0.25) is 9.69 Å². The topological polar surface area (TPSA) is 86.8 Å². The van der Waals surface area contributed by atoms with Crippen molar-refractivity contribution in [1.29, 1.82) is 0 Å². The number of carbonyl (C=O) groups is 1. The second-order valence-electron chi connectivity index (χ2n) is 4.05. The summed E-state index contributed by atoms with van der Waals surface area (Å²) in [6.07, 6.45) is 0.328. The third-order valence-electron chi connectivity index (χ3n) is 2.75. The van der Waals surface area contributed by atoms with Crippen LogP contribution < -0.4 is 5.73 Å². The van der Waals surface area contributed by atoms with Crippen molar-refractivity contribution in [3.63, 3.8) is 0 Å². The molecule has 0 fully saturated rings. The van der Waals surface area contributed by atoms with Gasteiger partial charge in [-0.05, 0) is 12.1 Å². The number of hydrogen-bond acceptors (Lipinski definition) is 5. The molecule has 0 aliphatic carbocycles. The maximum absolute atomic E-state index is 11.9. The fraction of sp³-hybridized carbons (Fsp3) is 0.462. The van der Waals surface area contributed by atoms with Crippen molar-refractivity contribution in [2.45, 2.75) is 6.42 Å². The number of benzene rings is 1. The number of anilines is 1. The molecule has 0 aliphatic rings. The average molecular weight is 252 g/mol. The first-order chi connectivity index (χ1) is 8.69. The minimum atomic E-state index is -0.0195. The van der Waals surface area contributed by atoms with Crippen LogP contribution in [0.15, 0.2) is 24.3 Å². The smallest absolute Gasteiger partial charge is 0.166 e. The maximum Gasteiger partial charge on any atom is 0.166 e. The summed E-state index contributed by atoms with van der Waals surface area (Å²) >= 11 is 0. The lowest BCUT2D eigenvalue weighted by molar-refractivity contribution is 0.0947. The van der Waals surface area contributed by atoms with Crippen LogP contribution in [0.2, 0.25) is 0 Å². The van der Waals surface area contributed by atoms with Crippen molar-refractivity contribution < 1.29 is 15.0 Å². The van der Waals surface area contributed by atoms with Crippen molar-refractivity contribution in [1.82, 2.24) is 4.90 Å². The molecule has 5 heteroatoms. The van der Waals surface area contributed by atoms with Crippen LogP contribution in [0.5, 0.6) is 0 Å². The minimum absolute atomic E-state index is 0.0155. The van der Waals surface area contributed by atoms with Crippen LogP contribution in [0, 0.1) is 0 Å². The zero-order chi connectivity index (χ0) is 13.4. The molecule has 1 aromatic rings. The van der Waals surface area contributed by atoms with Gasteiger partial charge < -0.3 is 15.9 Å². The number of nitrogen functional groups attached to an aromatic ring is 1. The lowest BCUT2D eigenvalue weighted by Crippen LogP contribution is -2.32. The van der Waals surface area contributed by atoms with Gasteiger partial charge in [-0.25, -0.2) is 0 Å². The molecular formula is C13H20N2O3. The third kappa shape index (κ3) is 4.44. The van der Waals surface area contributed by atoms with Gasteiger partial charge in [0.2, 0.25) is 0 Å². The van der Waals surface area contributed by atoms with Gasteiger partial charge in [-0.2, -0.15) is 0 Å². The van der Waals surface area contributed by atoms with E-state index >= 15 is 0 Å². The van der Waals surface area contributed by atoms with Crippen LogP contribution in [0.25, 0.3) is 0 Å². The van der Waals surface area contributed by atoms with Gasteiger partial charge in [0.05, 0.1) is 13.2 Å². The Morgan fingerprint density at radius 2 is 1.72 bits per heavy atom. The molecule has 0 aromatic heterocycles. The molecule has 0 bridgehead atoms. The largest absolute Gasteiger partial charge is 0.398 e.